The van der Waals surface area contributed by atoms with Crippen LogP contribution in [0, 0.1) is 5.92 Å². The first-order chi connectivity index (χ1) is 12.3. The van der Waals surface area contributed by atoms with Crippen LogP contribution in [0.4, 0.5) is 0 Å². The van der Waals surface area contributed by atoms with Crippen LogP contribution in [0.25, 0.3) is 0 Å². The number of fused-ring (bicyclic) bond motifs is 4. The number of rotatable bonds is 4. The second-order valence-electron chi connectivity index (χ2n) is 7.41. The van der Waals surface area contributed by atoms with E-state index >= 15 is 0 Å². The van der Waals surface area contributed by atoms with Gasteiger partial charge in [0.15, 0.2) is 0 Å². The van der Waals surface area contributed by atoms with Gasteiger partial charge in [-0.05, 0) is 43.7 Å². The molecule has 0 aromatic carbocycles. The first kappa shape index (κ1) is 17.3. The Labute approximate surface area is 154 Å². The zero-order valence-corrected chi connectivity index (χ0v) is 15.5. The van der Waals surface area contributed by atoms with E-state index < -0.39 is 0 Å². The van der Waals surface area contributed by atoms with Crippen LogP contribution in [0.5, 0.6) is 0 Å². The zero-order chi connectivity index (χ0) is 17.1. The Morgan fingerprint density at radius 3 is 2.68 bits per heavy atom. The smallest absolute Gasteiger partial charge is 0.233 e. The molecule has 4 aliphatic rings. The number of nitrogens with zero attached hydrogens (tertiary/aromatic N) is 3. The van der Waals surface area contributed by atoms with Gasteiger partial charge in [-0.3, -0.25) is 14.7 Å². The third-order valence-corrected chi connectivity index (χ3v) is 6.78. The number of amides is 1. The number of hydrogen-bond acceptors (Lipinski definition) is 5. The van der Waals surface area contributed by atoms with Gasteiger partial charge in [0.1, 0.15) is 0 Å². The van der Waals surface area contributed by atoms with E-state index in [9.17, 15) is 4.79 Å². The van der Waals surface area contributed by atoms with Crippen LogP contribution in [-0.4, -0.2) is 71.4 Å². The highest BCUT2D eigenvalue weighted by molar-refractivity contribution is 8.00. The molecule has 1 amide bonds. The zero-order valence-electron chi connectivity index (χ0n) is 14.7. The summed E-state index contributed by atoms with van der Waals surface area (Å²) in [6.07, 6.45) is 8.29. The number of pyridine rings is 1. The number of aromatic nitrogens is 1. The predicted octanol–water partition coefficient (Wildman–Crippen LogP) is 2.28. The molecule has 0 radical (unpaired) electrons. The molecule has 0 spiro atoms. The van der Waals surface area contributed by atoms with E-state index in [-0.39, 0.29) is 0 Å². The third-order valence-electron chi connectivity index (χ3n) is 5.78. The minimum Gasteiger partial charge on any atom is -0.381 e. The average Bonchev–Trinajstić information content (AvgIpc) is 3.00. The van der Waals surface area contributed by atoms with Crippen molar-refractivity contribution in [2.75, 3.05) is 38.6 Å². The summed E-state index contributed by atoms with van der Waals surface area (Å²) in [4.78, 5) is 22.8. The molecule has 0 unspecified atom stereocenters. The number of hydrogen-bond donors (Lipinski definition) is 0. The fourth-order valence-electron chi connectivity index (χ4n) is 4.43. The van der Waals surface area contributed by atoms with E-state index in [2.05, 4.69) is 14.8 Å². The summed E-state index contributed by atoms with van der Waals surface area (Å²) in [7, 11) is 0. The summed E-state index contributed by atoms with van der Waals surface area (Å²) in [5, 5.41) is 0. The maximum absolute atomic E-state index is 12.8. The monoisotopic (exact) mass is 361 g/mol. The van der Waals surface area contributed by atoms with Gasteiger partial charge in [-0.1, -0.05) is 0 Å². The number of piperidine rings is 1. The van der Waals surface area contributed by atoms with Crippen molar-refractivity contribution < 1.29 is 9.53 Å². The predicted molar refractivity (Wildman–Crippen MR) is 98.6 cm³/mol. The van der Waals surface area contributed by atoms with Crippen LogP contribution >= 0.6 is 11.8 Å². The van der Waals surface area contributed by atoms with Crippen molar-refractivity contribution in [3.63, 3.8) is 0 Å². The minimum absolute atomic E-state index is 0.297. The van der Waals surface area contributed by atoms with Crippen LogP contribution in [0.1, 0.15) is 25.7 Å². The molecule has 25 heavy (non-hydrogen) atoms. The molecule has 4 saturated heterocycles. The maximum atomic E-state index is 12.8. The highest BCUT2D eigenvalue weighted by Crippen LogP contribution is 2.31. The van der Waals surface area contributed by atoms with Gasteiger partial charge in [0.25, 0.3) is 0 Å². The maximum Gasteiger partial charge on any atom is 0.233 e. The van der Waals surface area contributed by atoms with Crippen LogP contribution in [-0.2, 0) is 9.53 Å². The minimum atomic E-state index is 0.297. The summed E-state index contributed by atoms with van der Waals surface area (Å²) in [6.45, 7) is 4.93. The van der Waals surface area contributed by atoms with Crippen molar-refractivity contribution in [1.29, 1.82) is 0 Å². The second-order valence-corrected chi connectivity index (χ2v) is 8.46. The molecular weight excluding hydrogens is 334 g/mol. The first-order valence-electron chi connectivity index (χ1n) is 9.43. The molecule has 136 valence electrons. The molecule has 2 bridgehead atoms. The summed E-state index contributed by atoms with van der Waals surface area (Å²) in [5.41, 5.74) is 0. The van der Waals surface area contributed by atoms with Gasteiger partial charge < -0.3 is 9.64 Å². The summed E-state index contributed by atoms with van der Waals surface area (Å²) >= 11 is 1.62. The van der Waals surface area contributed by atoms with Crippen LogP contribution in [0.3, 0.4) is 0 Å². The van der Waals surface area contributed by atoms with E-state index in [1.807, 2.05) is 12.1 Å². The molecule has 4 fully saturated rings. The Morgan fingerprint density at radius 2 is 1.88 bits per heavy atom. The van der Waals surface area contributed by atoms with E-state index in [1.165, 1.54) is 6.42 Å². The molecule has 1 aromatic rings. The Bertz CT molecular complexity index is 579. The van der Waals surface area contributed by atoms with Crippen molar-refractivity contribution in [1.82, 2.24) is 14.8 Å². The molecule has 0 saturated carbocycles. The standard InChI is InChI=1S/C19H27N3O2S/c23-19(14-25-18-3-7-20-8-4-18)22-12-15-1-2-17(22)13-21(11-15)16-5-9-24-10-6-16/h3-4,7-8,15-17H,1-2,5-6,9-14H2/t15-,17+/m1/s1. The Hall–Kier alpha value is -1.11. The van der Waals surface area contributed by atoms with Gasteiger partial charge in [-0.15, -0.1) is 11.8 Å². The van der Waals surface area contributed by atoms with E-state index in [0.29, 0.717) is 29.7 Å². The van der Waals surface area contributed by atoms with E-state index in [4.69, 9.17) is 4.74 Å². The molecule has 1 aromatic heterocycles. The van der Waals surface area contributed by atoms with Crippen molar-refractivity contribution in [3.05, 3.63) is 24.5 Å². The second kappa shape index (κ2) is 8.06. The molecule has 2 atom stereocenters. The first-order valence-corrected chi connectivity index (χ1v) is 10.4. The van der Waals surface area contributed by atoms with E-state index in [1.54, 1.807) is 24.2 Å². The van der Waals surface area contributed by atoms with Gasteiger partial charge in [0.2, 0.25) is 5.91 Å². The fraction of sp³-hybridized carbons (Fsp3) is 0.684. The van der Waals surface area contributed by atoms with Crippen molar-refractivity contribution >= 4 is 17.7 Å². The molecule has 4 aliphatic heterocycles. The molecule has 5 nitrogen and oxygen atoms in total. The average molecular weight is 362 g/mol. The highest BCUT2D eigenvalue weighted by atomic mass is 32.2. The van der Waals surface area contributed by atoms with Crippen molar-refractivity contribution in [2.24, 2.45) is 5.92 Å². The van der Waals surface area contributed by atoms with Gasteiger partial charge >= 0.3 is 0 Å². The molecule has 0 aliphatic carbocycles. The normalized spacial score (nSPS) is 28.1. The fourth-order valence-corrected chi connectivity index (χ4v) is 5.20. The van der Waals surface area contributed by atoms with Gasteiger partial charge in [0.05, 0.1) is 5.75 Å². The van der Waals surface area contributed by atoms with Gasteiger partial charge in [0, 0.05) is 62.2 Å². The number of carbonyl (C=O) groups is 1. The van der Waals surface area contributed by atoms with Crippen LogP contribution < -0.4 is 0 Å². The molecule has 6 heteroatoms. The lowest BCUT2D eigenvalue weighted by Gasteiger charge is -2.37. The largest absolute Gasteiger partial charge is 0.381 e. The van der Waals surface area contributed by atoms with E-state index in [0.717, 1.165) is 57.0 Å². The molecular formula is C19H27N3O2S. The molecule has 5 heterocycles. The quantitative estimate of drug-likeness (QED) is 0.770. The highest BCUT2D eigenvalue weighted by Gasteiger charge is 2.39. The van der Waals surface area contributed by atoms with Gasteiger partial charge in [-0.25, -0.2) is 0 Å². The number of thioether (sulfide) groups is 1. The number of carbonyl (C=O) groups excluding carboxylic acids is 1. The summed E-state index contributed by atoms with van der Waals surface area (Å²) in [5.74, 6) is 1.46. The molecule has 0 N–H and O–H groups in total. The summed E-state index contributed by atoms with van der Waals surface area (Å²) in [6, 6.07) is 4.99. The lowest BCUT2D eigenvalue weighted by molar-refractivity contribution is -0.132. The Balaban J connectivity index is 1.37. The Kier molecular flexibility index (Phi) is 5.58. The van der Waals surface area contributed by atoms with Crippen LogP contribution in [0.2, 0.25) is 0 Å². The molecule has 5 rings (SSSR count). The lowest BCUT2D eigenvalue weighted by Crippen LogP contribution is -2.49. The van der Waals surface area contributed by atoms with Crippen molar-refractivity contribution in [3.8, 4) is 0 Å². The number of ether oxygens (including phenoxy) is 1. The Morgan fingerprint density at radius 1 is 1.08 bits per heavy atom. The lowest BCUT2D eigenvalue weighted by atomic mass is 9.95. The van der Waals surface area contributed by atoms with Gasteiger partial charge in [-0.2, -0.15) is 0 Å². The SMILES string of the molecule is O=C(CSc1ccncc1)N1C[C@@H]2CC[C@H]1CN(C1CCOCC1)C2. The summed E-state index contributed by atoms with van der Waals surface area (Å²) < 4.78 is 5.53. The third kappa shape index (κ3) is 4.18. The topological polar surface area (TPSA) is 45.7 Å². The van der Waals surface area contributed by atoms with Crippen LogP contribution in [0.15, 0.2) is 29.4 Å². The van der Waals surface area contributed by atoms with Crippen molar-refractivity contribution in [2.45, 2.75) is 42.7 Å².